The summed E-state index contributed by atoms with van der Waals surface area (Å²) in [5.41, 5.74) is -0.164. The van der Waals surface area contributed by atoms with E-state index in [0.717, 1.165) is 17.0 Å². The van der Waals surface area contributed by atoms with Crippen LogP contribution in [0.2, 0.25) is 0 Å². The molecule has 2 amide bonds. The van der Waals surface area contributed by atoms with E-state index in [2.05, 4.69) is 4.98 Å². The normalized spacial score (nSPS) is 24.2. The number of hydrogen-bond donors (Lipinski definition) is 0. The monoisotopic (exact) mass is 601 g/mol. The average molecular weight is 602 g/mol. The van der Waals surface area contributed by atoms with Crippen LogP contribution in [-0.2, 0) is 19.1 Å². The third kappa shape index (κ3) is 5.68. The summed E-state index contributed by atoms with van der Waals surface area (Å²) in [5.74, 6) is -1.29. The molecule has 1 spiro atoms. The van der Waals surface area contributed by atoms with Crippen LogP contribution in [0, 0.1) is 16.9 Å². The summed E-state index contributed by atoms with van der Waals surface area (Å²) in [7, 11) is -8.60. The maximum atomic E-state index is 14.2. The van der Waals surface area contributed by atoms with E-state index in [0.29, 0.717) is 32.7 Å². The van der Waals surface area contributed by atoms with Crippen LogP contribution in [0.15, 0.2) is 53.7 Å². The number of halogens is 5. The van der Waals surface area contributed by atoms with Gasteiger partial charge in [0.25, 0.3) is 5.91 Å². The lowest BCUT2D eigenvalue weighted by Crippen LogP contribution is -2.52. The average Bonchev–Trinajstić information content (AvgIpc) is 3.56. The molecule has 0 aliphatic carbocycles. The van der Waals surface area contributed by atoms with Crippen LogP contribution in [0.25, 0.3) is 0 Å². The minimum atomic E-state index is -10.0. The maximum absolute atomic E-state index is 14.2. The van der Waals surface area contributed by atoms with Gasteiger partial charge < -0.3 is 14.4 Å². The van der Waals surface area contributed by atoms with E-state index in [9.17, 15) is 34.3 Å². The summed E-state index contributed by atoms with van der Waals surface area (Å²) in [4.78, 5) is 34.1. The molecule has 222 valence electrons. The molecule has 2 aromatic rings. The van der Waals surface area contributed by atoms with Crippen molar-refractivity contribution in [1.82, 2.24) is 14.8 Å². The van der Waals surface area contributed by atoms with Crippen LogP contribution < -0.4 is 4.90 Å². The molecule has 1 aromatic heterocycles. The quantitative estimate of drug-likeness (QED) is 0.337. The summed E-state index contributed by atoms with van der Waals surface area (Å²) >= 11 is 0. The summed E-state index contributed by atoms with van der Waals surface area (Å²) < 4.78 is 78.3. The Hall–Kier alpha value is -3.48. The fourth-order valence-electron chi connectivity index (χ4n) is 5.60. The molecule has 5 rings (SSSR count). The minimum absolute atomic E-state index is 0.0705. The highest BCUT2D eigenvalue weighted by atomic mass is 32.5. The molecule has 3 aliphatic heterocycles. The van der Waals surface area contributed by atoms with Crippen LogP contribution in [0.3, 0.4) is 0 Å². The molecule has 3 fully saturated rings. The Bertz CT molecular complexity index is 1370. The number of rotatable bonds is 7. The van der Waals surface area contributed by atoms with Gasteiger partial charge in [-0.3, -0.25) is 24.4 Å². The number of benzene rings is 1. The fraction of sp³-hybridized carbons (Fsp3) is 0.462. The number of carbonyl (C=O) groups excluding carboxylic acids is 2. The van der Waals surface area contributed by atoms with E-state index < -0.39 is 45.1 Å². The summed E-state index contributed by atoms with van der Waals surface area (Å²) in [6.45, 7) is 1.76. The first-order valence-corrected chi connectivity index (χ1v) is 14.7. The molecular weight excluding hydrogens is 573 g/mol. The zero-order chi connectivity index (χ0) is 29.7. The first kappa shape index (κ1) is 29.0. The fourth-order valence-corrected chi connectivity index (χ4v) is 6.25. The largest absolute Gasteiger partial charge is 0.380 e. The second-order valence-corrected chi connectivity index (χ2v) is 13.1. The summed E-state index contributed by atoms with van der Waals surface area (Å²) in [6.07, 6.45) is 5.00. The highest BCUT2D eigenvalue weighted by molar-refractivity contribution is 8.45. The van der Waals surface area contributed by atoms with Crippen molar-refractivity contribution in [3.8, 4) is 6.19 Å². The SMILES string of the molecule is COC1CC(C(=O)N(c2ccc(S(F)(F)(F)(F)F)cc2)C(C(=O)N2CCC3(COC3)C2)c2cccnc2)N(C#N)C1. The van der Waals surface area contributed by atoms with Crippen LogP contribution in [0.4, 0.5) is 25.1 Å². The van der Waals surface area contributed by atoms with Crippen LogP contribution >= 0.6 is 10.2 Å². The molecule has 3 unspecified atom stereocenters. The van der Waals surface area contributed by atoms with Gasteiger partial charge in [-0.05, 0) is 36.8 Å². The summed E-state index contributed by atoms with van der Waals surface area (Å²) in [5, 5.41) is 9.71. The number of ether oxygens (including phenoxy) is 2. The summed E-state index contributed by atoms with van der Waals surface area (Å²) in [6, 6.07) is 2.46. The van der Waals surface area contributed by atoms with Gasteiger partial charge in [-0.2, -0.15) is 5.26 Å². The first-order valence-electron chi connectivity index (χ1n) is 12.8. The molecule has 0 saturated carbocycles. The van der Waals surface area contributed by atoms with Crippen molar-refractivity contribution in [2.75, 3.05) is 44.9 Å². The number of anilines is 1. The van der Waals surface area contributed by atoms with Crippen molar-refractivity contribution in [1.29, 1.82) is 5.26 Å². The second kappa shape index (κ2) is 9.53. The van der Waals surface area contributed by atoms with Crippen LogP contribution in [0.5, 0.6) is 0 Å². The lowest BCUT2D eigenvalue weighted by Gasteiger charge is -2.41. The Labute approximate surface area is 233 Å². The molecule has 3 aliphatic rings. The lowest BCUT2D eigenvalue weighted by molar-refractivity contribution is -0.138. The van der Waals surface area contributed by atoms with E-state index in [4.69, 9.17) is 9.47 Å². The first-order chi connectivity index (χ1) is 19.1. The van der Waals surface area contributed by atoms with Crippen molar-refractivity contribution >= 4 is 27.7 Å². The van der Waals surface area contributed by atoms with Gasteiger partial charge in [0.05, 0.1) is 25.9 Å². The molecule has 15 heteroatoms. The van der Waals surface area contributed by atoms with Gasteiger partial charge in [0.2, 0.25) is 5.91 Å². The van der Waals surface area contributed by atoms with Gasteiger partial charge >= 0.3 is 10.2 Å². The van der Waals surface area contributed by atoms with E-state index in [1.54, 1.807) is 17.0 Å². The van der Waals surface area contributed by atoms with E-state index in [1.165, 1.54) is 24.4 Å². The van der Waals surface area contributed by atoms with Gasteiger partial charge in [-0.1, -0.05) is 25.5 Å². The third-order valence-corrected chi connectivity index (χ3v) is 9.03. The van der Waals surface area contributed by atoms with Gasteiger partial charge in [0.1, 0.15) is 17.0 Å². The predicted octanol–water partition coefficient (Wildman–Crippen LogP) is 4.63. The highest BCUT2D eigenvalue weighted by Crippen LogP contribution is 3.02. The Balaban J connectivity index is 1.61. The minimum Gasteiger partial charge on any atom is -0.380 e. The predicted molar refractivity (Wildman–Crippen MR) is 138 cm³/mol. The van der Waals surface area contributed by atoms with Crippen molar-refractivity contribution in [3.05, 3.63) is 54.4 Å². The van der Waals surface area contributed by atoms with Gasteiger partial charge in [0.15, 0.2) is 6.19 Å². The molecular formula is C26H28F5N5O4S. The molecule has 0 radical (unpaired) electrons. The van der Waals surface area contributed by atoms with E-state index in [1.807, 2.05) is 6.19 Å². The van der Waals surface area contributed by atoms with Crippen molar-refractivity contribution in [3.63, 3.8) is 0 Å². The zero-order valence-electron chi connectivity index (χ0n) is 22.0. The zero-order valence-corrected chi connectivity index (χ0v) is 22.8. The number of hydrogen-bond acceptors (Lipinski definition) is 7. The number of nitrogens with zero attached hydrogens (tertiary/aromatic N) is 5. The van der Waals surface area contributed by atoms with E-state index in [-0.39, 0.29) is 41.8 Å². The maximum Gasteiger partial charge on any atom is 0.310 e. The topological polar surface area (TPSA) is 99.0 Å². The number of likely N-dealkylation sites (tertiary alicyclic amines) is 2. The number of amides is 2. The molecule has 3 saturated heterocycles. The lowest BCUT2D eigenvalue weighted by atomic mass is 9.85. The van der Waals surface area contributed by atoms with Crippen LogP contribution in [0.1, 0.15) is 24.4 Å². The Morgan fingerprint density at radius 3 is 2.41 bits per heavy atom. The van der Waals surface area contributed by atoms with Gasteiger partial charge in [-0.15, -0.1) is 0 Å². The molecule has 0 N–H and O–H groups in total. The number of pyridine rings is 1. The number of nitriles is 1. The smallest absolute Gasteiger partial charge is 0.310 e. The van der Waals surface area contributed by atoms with E-state index >= 15 is 0 Å². The molecule has 1 aromatic carbocycles. The number of carbonyl (C=O) groups is 2. The Morgan fingerprint density at radius 2 is 1.90 bits per heavy atom. The Kier molecular flexibility index (Phi) is 6.75. The molecule has 0 bridgehead atoms. The number of aromatic nitrogens is 1. The molecule has 4 heterocycles. The van der Waals surface area contributed by atoms with Crippen molar-refractivity contribution < 1.29 is 38.5 Å². The van der Waals surface area contributed by atoms with Crippen LogP contribution in [-0.4, -0.2) is 78.7 Å². The second-order valence-electron chi connectivity index (χ2n) is 10.7. The molecule has 41 heavy (non-hydrogen) atoms. The Morgan fingerprint density at radius 1 is 1.20 bits per heavy atom. The van der Waals surface area contributed by atoms with Crippen molar-refractivity contribution in [2.24, 2.45) is 5.41 Å². The van der Waals surface area contributed by atoms with Crippen molar-refractivity contribution in [2.45, 2.75) is 35.9 Å². The number of methoxy groups -OCH3 is 1. The third-order valence-electron chi connectivity index (χ3n) is 7.87. The van der Waals surface area contributed by atoms with Gasteiger partial charge in [-0.25, -0.2) is 0 Å². The molecule has 3 atom stereocenters. The van der Waals surface area contributed by atoms with Gasteiger partial charge in [0, 0.05) is 55.7 Å². The molecule has 9 nitrogen and oxygen atoms in total. The highest BCUT2D eigenvalue weighted by Gasteiger charge is 2.65. The standard InChI is InChI=1S/C26H28F5N5O4S/c1-39-20-11-22(35(13-20)17-32)24(37)36(19-4-6-21(7-5-19)41(27,28,29,30)31)23(18-3-2-9-33-12-18)25(38)34-10-8-26(14-34)15-40-16-26/h2-7,9,12,20,22-23H,8,10-11,13-16H2,1H3.